The molecule has 102 valence electrons. The highest BCUT2D eigenvalue weighted by molar-refractivity contribution is 7.16. The van der Waals surface area contributed by atoms with Crippen LogP contribution in [0.4, 0.5) is 11.4 Å². The van der Waals surface area contributed by atoms with Gasteiger partial charge in [-0.25, -0.2) is 4.98 Å². The van der Waals surface area contributed by atoms with Gasteiger partial charge in [-0.05, 0) is 25.1 Å². The third-order valence-corrected chi connectivity index (χ3v) is 4.57. The first-order valence-corrected chi connectivity index (χ1v) is 7.76. The summed E-state index contributed by atoms with van der Waals surface area (Å²) < 4.78 is 1.17. The first-order valence-electron chi connectivity index (χ1n) is 6.88. The van der Waals surface area contributed by atoms with Crippen molar-refractivity contribution in [3.05, 3.63) is 17.6 Å². The molecule has 0 atom stereocenters. The molecule has 2 aromatic rings. The minimum atomic E-state index is 0.836. The van der Waals surface area contributed by atoms with Crippen molar-refractivity contribution in [1.82, 2.24) is 9.88 Å². The number of hydrogen-bond acceptors (Lipinski definition) is 5. The highest BCUT2D eigenvalue weighted by Crippen LogP contribution is 2.32. The monoisotopic (exact) mass is 276 g/mol. The molecule has 0 bridgehead atoms. The average molecular weight is 276 g/mol. The number of fused-ring (bicyclic) bond motifs is 1. The number of nitrogens with two attached hydrogens (primary N) is 1. The first-order chi connectivity index (χ1) is 9.29. The van der Waals surface area contributed by atoms with Crippen LogP contribution in [0.25, 0.3) is 10.2 Å². The summed E-state index contributed by atoms with van der Waals surface area (Å²) in [5.41, 5.74) is 11.1. The number of rotatable bonds is 3. The van der Waals surface area contributed by atoms with Gasteiger partial charge < -0.3 is 10.6 Å². The molecule has 0 spiro atoms. The highest BCUT2D eigenvalue weighted by atomic mass is 32.1. The third-order valence-electron chi connectivity index (χ3n) is 3.77. The molecule has 1 fully saturated rings. The number of benzene rings is 1. The maximum Gasteiger partial charge on any atom is 0.106 e. The zero-order valence-electron chi connectivity index (χ0n) is 11.3. The Balaban J connectivity index is 1.79. The second kappa shape index (κ2) is 5.35. The van der Waals surface area contributed by atoms with E-state index in [-0.39, 0.29) is 0 Å². The van der Waals surface area contributed by atoms with Crippen molar-refractivity contribution in [1.29, 1.82) is 0 Å². The summed E-state index contributed by atoms with van der Waals surface area (Å²) in [5, 5.41) is 0. The van der Waals surface area contributed by atoms with Gasteiger partial charge >= 0.3 is 0 Å². The van der Waals surface area contributed by atoms with Gasteiger partial charge in [0.1, 0.15) is 5.52 Å². The first kappa shape index (κ1) is 12.7. The maximum atomic E-state index is 6.28. The molecule has 0 saturated carbocycles. The van der Waals surface area contributed by atoms with E-state index in [1.165, 1.54) is 17.7 Å². The minimum Gasteiger partial charge on any atom is -0.395 e. The predicted octanol–water partition coefficient (Wildman–Crippen LogP) is 2.41. The lowest BCUT2D eigenvalue weighted by Gasteiger charge is -2.36. The summed E-state index contributed by atoms with van der Waals surface area (Å²) in [5.74, 6) is 0. The molecule has 1 aliphatic rings. The molecule has 0 radical (unpaired) electrons. The lowest BCUT2D eigenvalue weighted by Crippen LogP contribution is -2.46. The zero-order valence-corrected chi connectivity index (χ0v) is 12.1. The van der Waals surface area contributed by atoms with E-state index in [1.54, 1.807) is 11.3 Å². The number of nitrogen functional groups attached to an aromatic ring is 1. The van der Waals surface area contributed by atoms with Crippen molar-refractivity contribution >= 4 is 32.9 Å². The topological polar surface area (TPSA) is 45.4 Å². The summed E-state index contributed by atoms with van der Waals surface area (Å²) in [7, 11) is 0. The van der Waals surface area contributed by atoms with Crippen molar-refractivity contribution in [3.8, 4) is 0 Å². The van der Waals surface area contributed by atoms with Crippen molar-refractivity contribution in [2.45, 2.75) is 13.3 Å². The summed E-state index contributed by atoms with van der Waals surface area (Å²) in [6.07, 6.45) is 1.23. The second-order valence-corrected chi connectivity index (χ2v) is 5.91. The quantitative estimate of drug-likeness (QED) is 0.875. The van der Waals surface area contributed by atoms with Crippen LogP contribution in [-0.2, 0) is 0 Å². The molecule has 0 unspecified atom stereocenters. The molecule has 0 aliphatic carbocycles. The van der Waals surface area contributed by atoms with Gasteiger partial charge in [0.25, 0.3) is 0 Å². The Kier molecular flexibility index (Phi) is 3.57. The van der Waals surface area contributed by atoms with E-state index in [2.05, 4.69) is 33.8 Å². The largest absolute Gasteiger partial charge is 0.395 e. The van der Waals surface area contributed by atoms with E-state index in [1.807, 2.05) is 5.51 Å². The molecule has 1 aliphatic heterocycles. The second-order valence-electron chi connectivity index (χ2n) is 5.03. The Morgan fingerprint density at radius 3 is 2.79 bits per heavy atom. The highest BCUT2D eigenvalue weighted by Gasteiger charge is 2.19. The zero-order chi connectivity index (χ0) is 13.2. The van der Waals surface area contributed by atoms with Crippen LogP contribution in [0, 0.1) is 0 Å². The van der Waals surface area contributed by atoms with Crippen LogP contribution < -0.4 is 10.6 Å². The molecule has 19 heavy (non-hydrogen) atoms. The summed E-state index contributed by atoms with van der Waals surface area (Å²) >= 11 is 1.65. The Bertz CT molecular complexity index is 558. The molecule has 1 aromatic carbocycles. The van der Waals surface area contributed by atoms with Gasteiger partial charge in [0.05, 0.1) is 21.6 Å². The Hall–Kier alpha value is -1.33. The normalized spacial score (nSPS) is 17.2. The van der Waals surface area contributed by atoms with Crippen LogP contribution in [0.1, 0.15) is 13.3 Å². The van der Waals surface area contributed by atoms with Gasteiger partial charge in [-0.1, -0.05) is 6.92 Å². The van der Waals surface area contributed by atoms with Crippen LogP contribution >= 0.6 is 11.3 Å². The van der Waals surface area contributed by atoms with Gasteiger partial charge in [-0.3, -0.25) is 4.90 Å². The molecule has 2 heterocycles. The molecular formula is C14H20N4S. The van der Waals surface area contributed by atoms with Gasteiger partial charge in [0, 0.05) is 26.2 Å². The molecule has 3 rings (SSSR count). The Morgan fingerprint density at radius 1 is 1.26 bits per heavy atom. The number of aromatic nitrogens is 1. The van der Waals surface area contributed by atoms with E-state index >= 15 is 0 Å². The predicted molar refractivity (Wildman–Crippen MR) is 83.0 cm³/mol. The summed E-state index contributed by atoms with van der Waals surface area (Å²) in [4.78, 5) is 9.29. The maximum absolute atomic E-state index is 6.28. The van der Waals surface area contributed by atoms with E-state index < -0.39 is 0 Å². The number of anilines is 2. The van der Waals surface area contributed by atoms with Crippen LogP contribution in [-0.4, -0.2) is 42.6 Å². The average Bonchev–Trinajstić information content (AvgIpc) is 2.90. The molecular weight excluding hydrogens is 256 g/mol. The van der Waals surface area contributed by atoms with E-state index in [4.69, 9.17) is 5.73 Å². The Morgan fingerprint density at radius 2 is 2.05 bits per heavy atom. The number of piperazine rings is 1. The van der Waals surface area contributed by atoms with Crippen LogP contribution in [0.5, 0.6) is 0 Å². The van der Waals surface area contributed by atoms with E-state index in [0.29, 0.717) is 0 Å². The van der Waals surface area contributed by atoms with E-state index in [0.717, 1.165) is 43.1 Å². The lowest BCUT2D eigenvalue weighted by molar-refractivity contribution is 0.258. The fourth-order valence-electron chi connectivity index (χ4n) is 2.75. The smallest absolute Gasteiger partial charge is 0.106 e. The lowest BCUT2D eigenvalue weighted by atomic mass is 10.2. The molecule has 1 saturated heterocycles. The number of hydrogen-bond donors (Lipinski definition) is 1. The third kappa shape index (κ3) is 2.40. The minimum absolute atomic E-state index is 0.836. The fraction of sp³-hybridized carbons (Fsp3) is 0.500. The van der Waals surface area contributed by atoms with Gasteiger partial charge in [0.2, 0.25) is 0 Å². The van der Waals surface area contributed by atoms with Gasteiger partial charge in [-0.2, -0.15) is 0 Å². The molecule has 4 nitrogen and oxygen atoms in total. The van der Waals surface area contributed by atoms with Crippen LogP contribution in [0.15, 0.2) is 17.6 Å². The standard InChI is InChI=1S/C14H20N4S/c1-2-5-17-6-8-18(9-7-17)11-3-4-12-14(13(11)15)16-10-19-12/h3-4,10H,2,5-9,15H2,1H3. The van der Waals surface area contributed by atoms with Crippen LogP contribution in [0.2, 0.25) is 0 Å². The molecule has 0 amide bonds. The van der Waals surface area contributed by atoms with Crippen molar-refractivity contribution < 1.29 is 0 Å². The van der Waals surface area contributed by atoms with Crippen molar-refractivity contribution in [2.75, 3.05) is 43.4 Å². The SMILES string of the molecule is CCCN1CCN(c2ccc3scnc3c2N)CC1. The number of thiazole rings is 1. The fourth-order valence-corrected chi connectivity index (χ4v) is 3.44. The van der Waals surface area contributed by atoms with Crippen molar-refractivity contribution in [3.63, 3.8) is 0 Å². The van der Waals surface area contributed by atoms with Crippen LogP contribution in [0.3, 0.4) is 0 Å². The molecule has 1 aromatic heterocycles. The summed E-state index contributed by atoms with van der Waals surface area (Å²) in [6.45, 7) is 7.80. The molecule has 5 heteroatoms. The van der Waals surface area contributed by atoms with Gasteiger partial charge in [0.15, 0.2) is 0 Å². The van der Waals surface area contributed by atoms with Crippen molar-refractivity contribution in [2.24, 2.45) is 0 Å². The summed E-state index contributed by atoms with van der Waals surface area (Å²) in [6, 6.07) is 4.28. The van der Waals surface area contributed by atoms with Gasteiger partial charge in [-0.15, -0.1) is 11.3 Å². The Labute approximate surface area is 117 Å². The number of nitrogens with zero attached hydrogens (tertiary/aromatic N) is 3. The molecule has 2 N–H and O–H groups in total. The van der Waals surface area contributed by atoms with E-state index in [9.17, 15) is 0 Å².